The van der Waals surface area contributed by atoms with Crippen LogP contribution >= 0.6 is 12.4 Å². The molecule has 0 N–H and O–H groups in total. The van der Waals surface area contributed by atoms with E-state index in [1.807, 2.05) is 36.4 Å². The average molecular weight is 464 g/mol. The molecule has 0 spiro atoms. The summed E-state index contributed by atoms with van der Waals surface area (Å²) in [7, 11) is 3.37. The molecule has 2 aliphatic heterocycles. The molecule has 0 bridgehead atoms. The second-order valence-electron chi connectivity index (χ2n) is 8.31. The quantitative estimate of drug-likeness (QED) is 0.590. The summed E-state index contributed by atoms with van der Waals surface area (Å²) in [6.07, 6.45) is 2.05. The van der Waals surface area contributed by atoms with Crippen LogP contribution in [0.25, 0.3) is 0 Å². The third-order valence-electron chi connectivity index (χ3n) is 6.37. The maximum absolute atomic E-state index is 6.00. The summed E-state index contributed by atoms with van der Waals surface area (Å²) < 4.78 is 28.7. The van der Waals surface area contributed by atoms with E-state index in [1.54, 1.807) is 14.2 Å². The second kappa shape index (κ2) is 11.8. The molecule has 2 saturated heterocycles. The molecular weight excluding hydrogens is 430 g/mol. The van der Waals surface area contributed by atoms with Crippen molar-refractivity contribution < 1.29 is 23.7 Å². The predicted octanol–water partition coefficient (Wildman–Crippen LogP) is 3.95. The number of morpholine rings is 1. The maximum Gasteiger partial charge on any atom is 0.161 e. The Morgan fingerprint density at radius 2 is 1.72 bits per heavy atom. The zero-order valence-corrected chi connectivity index (χ0v) is 19.8. The Morgan fingerprint density at radius 1 is 0.969 bits per heavy atom. The van der Waals surface area contributed by atoms with Crippen LogP contribution in [0.15, 0.2) is 48.5 Å². The van der Waals surface area contributed by atoms with Gasteiger partial charge in [-0.1, -0.05) is 24.3 Å². The lowest BCUT2D eigenvalue weighted by molar-refractivity contribution is -0.0602. The first-order valence-corrected chi connectivity index (χ1v) is 11.0. The van der Waals surface area contributed by atoms with E-state index in [0.717, 1.165) is 69.5 Å². The van der Waals surface area contributed by atoms with E-state index in [1.165, 1.54) is 5.56 Å². The van der Waals surface area contributed by atoms with Gasteiger partial charge in [0.25, 0.3) is 0 Å². The highest BCUT2D eigenvalue weighted by molar-refractivity contribution is 5.85. The van der Waals surface area contributed by atoms with Gasteiger partial charge >= 0.3 is 0 Å². The molecule has 1 atom stereocenters. The molecule has 0 radical (unpaired) electrons. The van der Waals surface area contributed by atoms with Crippen molar-refractivity contribution in [2.24, 2.45) is 0 Å². The van der Waals surface area contributed by atoms with Crippen molar-refractivity contribution in [3.05, 3.63) is 54.1 Å². The predicted molar refractivity (Wildman–Crippen MR) is 127 cm³/mol. The minimum absolute atomic E-state index is 0. The molecule has 0 aliphatic carbocycles. The highest BCUT2D eigenvalue weighted by Crippen LogP contribution is 2.40. The van der Waals surface area contributed by atoms with Crippen LogP contribution < -0.4 is 14.2 Å². The SMILES string of the molecule is COc1ccc(C2(CN3CCOC(COc4ccccc4)C3)CCOCC2)cc1OC.Cl. The minimum Gasteiger partial charge on any atom is -0.493 e. The number of hydrogen-bond acceptors (Lipinski definition) is 6. The van der Waals surface area contributed by atoms with Crippen molar-refractivity contribution >= 4 is 12.4 Å². The van der Waals surface area contributed by atoms with E-state index >= 15 is 0 Å². The summed E-state index contributed by atoms with van der Waals surface area (Å²) in [4.78, 5) is 2.52. The second-order valence-corrected chi connectivity index (χ2v) is 8.31. The first-order valence-electron chi connectivity index (χ1n) is 11.0. The Balaban J connectivity index is 0.00000289. The third kappa shape index (κ3) is 5.87. The molecule has 2 heterocycles. The van der Waals surface area contributed by atoms with Crippen LogP contribution in [-0.2, 0) is 14.9 Å². The smallest absolute Gasteiger partial charge is 0.161 e. The topological polar surface area (TPSA) is 49.4 Å². The molecule has 4 rings (SSSR count). The average Bonchev–Trinajstić information content (AvgIpc) is 2.84. The Hall–Kier alpha value is -1.99. The summed E-state index contributed by atoms with van der Waals surface area (Å²) in [5, 5.41) is 0. The molecule has 7 heteroatoms. The lowest BCUT2D eigenvalue weighted by atomic mass is 9.73. The maximum atomic E-state index is 6.00. The summed E-state index contributed by atoms with van der Waals surface area (Å²) in [5.74, 6) is 2.43. The third-order valence-corrected chi connectivity index (χ3v) is 6.37. The van der Waals surface area contributed by atoms with Crippen molar-refractivity contribution in [1.82, 2.24) is 4.90 Å². The molecule has 0 aromatic heterocycles. The van der Waals surface area contributed by atoms with Crippen LogP contribution in [0.1, 0.15) is 18.4 Å². The number of nitrogens with zero attached hydrogens (tertiary/aromatic N) is 1. The number of para-hydroxylation sites is 1. The lowest BCUT2D eigenvalue weighted by Crippen LogP contribution is -2.51. The Labute approximate surface area is 197 Å². The van der Waals surface area contributed by atoms with Crippen molar-refractivity contribution in [2.45, 2.75) is 24.4 Å². The van der Waals surface area contributed by atoms with Gasteiger partial charge < -0.3 is 23.7 Å². The Morgan fingerprint density at radius 3 is 2.44 bits per heavy atom. The highest BCUT2D eigenvalue weighted by atomic mass is 35.5. The normalized spacial score (nSPS) is 20.8. The van der Waals surface area contributed by atoms with Crippen molar-refractivity contribution in [1.29, 1.82) is 0 Å². The number of hydrogen-bond donors (Lipinski definition) is 0. The van der Waals surface area contributed by atoms with Gasteiger partial charge in [0.1, 0.15) is 18.5 Å². The molecule has 6 nitrogen and oxygen atoms in total. The number of methoxy groups -OCH3 is 2. The van der Waals surface area contributed by atoms with Gasteiger partial charge in [-0.3, -0.25) is 4.90 Å². The van der Waals surface area contributed by atoms with Crippen LogP contribution in [0, 0.1) is 0 Å². The summed E-state index contributed by atoms with van der Waals surface area (Å²) in [6, 6.07) is 16.3. The molecule has 2 aromatic carbocycles. The minimum atomic E-state index is 0. The van der Waals surface area contributed by atoms with E-state index in [-0.39, 0.29) is 23.9 Å². The first kappa shape index (κ1) is 24.6. The van der Waals surface area contributed by atoms with Gasteiger partial charge in [0.05, 0.1) is 20.8 Å². The fourth-order valence-corrected chi connectivity index (χ4v) is 4.63. The zero-order valence-electron chi connectivity index (χ0n) is 19.0. The van der Waals surface area contributed by atoms with Gasteiger partial charge in [-0.05, 0) is 42.7 Å². The van der Waals surface area contributed by atoms with Crippen molar-refractivity contribution in [3.8, 4) is 17.2 Å². The van der Waals surface area contributed by atoms with E-state index in [0.29, 0.717) is 6.61 Å². The molecule has 2 aliphatic rings. The van der Waals surface area contributed by atoms with Gasteiger partial charge in [-0.25, -0.2) is 0 Å². The van der Waals surface area contributed by atoms with Gasteiger partial charge in [-0.2, -0.15) is 0 Å². The van der Waals surface area contributed by atoms with E-state index in [4.69, 9.17) is 23.7 Å². The van der Waals surface area contributed by atoms with Crippen LogP contribution in [0.2, 0.25) is 0 Å². The van der Waals surface area contributed by atoms with E-state index < -0.39 is 0 Å². The fourth-order valence-electron chi connectivity index (χ4n) is 4.63. The summed E-state index contributed by atoms with van der Waals surface area (Å²) >= 11 is 0. The van der Waals surface area contributed by atoms with Crippen LogP contribution in [0.3, 0.4) is 0 Å². The molecule has 2 fully saturated rings. The van der Waals surface area contributed by atoms with Crippen molar-refractivity contribution in [2.75, 3.05) is 60.3 Å². The van der Waals surface area contributed by atoms with Gasteiger partial charge in [0.15, 0.2) is 11.5 Å². The highest BCUT2D eigenvalue weighted by Gasteiger charge is 2.38. The van der Waals surface area contributed by atoms with E-state index in [9.17, 15) is 0 Å². The van der Waals surface area contributed by atoms with Crippen molar-refractivity contribution in [3.63, 3.8) is 0 Å². The number of ether oxygens (including phenoxy) is 5. The summed E-state index contributed by atoms with van der Waals surface area (Å²) in [6.45, 7) is 5.60. The van der Waals surface area contributed by atoms with Crippen LogP contribution in [0.5, 0.6) is 17.2 Å². The van der Waals surface area contributed by atoms with Gasteiger partial charge in [-0.15, -0.1) is 12.4 Å². The number of benzene rings is 2. The molecule has 2 aromatic rings. The van der Waals surface area contributed by atoms with Crippen LogP contribution in [0.4, 0.5) is 0 Å². The standard InChI is InChI=1S/C25H33NO5.ClH/c1-27-23-9-8-20(16-24(23)28-2)25(10-13-29-14-11-25)19-26-12-15-30-22(17-26)18-31-21-6-4-3-5-7-21;/h3-9,16,22H,10-15,17-19H2,1-2H3;1H. The molecular formula is C25H34ClNO5. The van der Waals surface area contributed by atoms with Gasteiger partial charge in [0.2, 0.25) is 0 Å². The molecule has 0 amide bonds. The van der Waals surface area contributed by atoms with E-state index in [2.05, 4.69) is 17.0 Å². The molecule has 0 saturated carbocycles. The van der Waals surface area contributed by atoms with Crippen LogP contribution in [-0.4, -0.2) is 71.3 Å². The molecule has 1 unspecified atom stereocenters. The van der Waals surface area contributed by atoms with Gasteiger partial charge in [0, 0.05) is 38.3 Å². The Bertz CT molecular complexity index is 828. The molecule has 32 heavy (non-hydrogen) atoms. The largest absolute Gasteiger partial charge is 0.493 e. The fraction of sp³-hybridized carbons (Fsp3) is 0.520. The zero-order chi connectivity index (χ0) is 21.5. The number of rotatable bonds is 8. The Kier molecular flexibility index (Phi) is 9.05. The summed E-state index contributed by atoms with van der Waals surface area (Å²) in [5.41, 5.74) is 1.32. The molecule has 176 valence electrons. The first-order chi connectivity index (χ1) is 15.2. The lowest BCUT2D eigenvalue weighted by Gasteiger charge is -2.44. The number of halogens is 1. The monoisotopic (exact) mass is 463 g/mol.